The molecule has 1 aliphatic carbocycles. The molecule has 3 amide bonds. The molecule has 0 aliphatic heterocycles. The molecule has 1 unspecified atom stereocenters. The first-order valence-electron chi connectivity index (χ1n) is 11.1. The third-order valence-corrected chi connectivity index (χ3v) is 5.76. The normalized spacial score (nSPS) is 14.8. The minimum absolute atomic E-state index is 0.0343. The van der Waals surface area contributed by atoms with Crippen LogP contribution in [0.2, 0.25) is 0 Å². The second-order valence-corrected chi connectivity index (χ2v) is 8.33. The number of hydrazine groups is 1. The van der Waals surface area contributed by atoms with Crippen molar-refractivity contribution in [1.82, 2.24) is 10.9 Å². The van der Waals surface area contributed by atoms with Crippen molar-refractivity contribution in [3.05, 3.63) is 59.2 Å². The molecule has 3 rings (SSSR count). The van der Waals surface area contributed by atoms with Crippen molar-refractivity contribution in [3.63, 3.8) is 0 Å². The van der Waals surface area contributed by atoms with Crippen LogP contribution in [0.4, 0.5) is 5.69 Å². The number of rotatable bonds is 6. The summed E-state index contributed by atoms with van der Waals surface area (Å²) in [5, 5.41) is 2.92. The molecule has 0 bridgehead atoms. The number of anilines is 1. The van der Waals surface area contributed by atoms with E-state index in [0.717, 1.165) is 36.8 Å². The van der Waals surface area contributed by atoms with E-state index in [9.17, 15) is 14.4 Å². The van der Waals surface area contributed by atoms with Crippen molar-refractivity contribution in [3.8, 4) is 5.75 Å². The number of carbonyl (C=O) groups is 3. The van der Waals surface area contributed by atoms with Crippen LogP contribution in [0.5, 0.6) is 5.75 Å². The summed E-state index contributed by atoms with van der Waals surface area (Å²) < 4.78 is 5.77. The molecule has 0 aromatic heterocycles. The molecule has 7 heteroatoms. The fourth-order valence-corrected chi connectivity index (χ4v) is 3.82. The minimum Gasteiger partial charge on any atom is -0.480 e. The molecule has 0 saturated heterocycles. The van der Waals surface area contributed by atoms with Gasteiger partial charge in [-0.05, 0) is 69.0 Å². The molecule has 2 aromatic carbocycles. The Labute approximate surface area is 188 Å². The van der Waals surface area contributed by atoms with E-state index < -0.39 is 17.9 Å². The number of hydrogen-bond donors (Lipinski definition) is 3. The van der Waals surface area contributed by atoms with Crippen molar-refractivity contribution < 1.29 is 19.1 Å². The molecule has 0 radical (unpaired) electrons. The van der Waals surface area contributed by atoms with Crippen molar-refractivity contribution in [2.45, 2.75) is 59.0 Å². The largest absolute Gasteiger partial charge is 0.480 e. The summed E-state index contributed by atoms with van der Waals surface area (Å²) >= 11 is 0. The number of benzene rings is 2. The SMILES string of the molecule is Cc1cccc(C)c1OC(C)C(=O)NNC(=O)c1ccc(NC(=O)C2CCCCC2)cc1. The summed E-state index contributed by atoms with van der Waals surface area (Å²) in [6, 6.07) is 12.3. The van der Waals surface area contributed by atoms with Crippen LogP contribution in [0.3, 0.4) is 0 Å². The van der Waals surface area contributed by atoms with Crippen molar-refractivity contribution >= 4 is 23.4 Å². The maximum absolute atomic E-state index is 12.4. The van der Waals surface area contributed by atoms with Crippen LogP contribution >= 0.6 is 0 Å². The Hall–Kier alpha value is -3.35. The first-order chi connectivity index (χ1) is 15.3. The summed E-state index contributed by atoms with van der Waals surface area (Å²) in [7, 11) is 0. The van der Waals surface area contributed by atoms with Crippen molar-refractivity contribution in [2.75, 3.05) is 5.32 Å². The van der Waals surface area contributed by atoms with Gasteiger partial charge in [0.25, 0.3) is 11.8 Å². The van der Waals surface area contributed by atoms with Gasteiger partial charge in [0.2, 0.25) is 5.91 Å². The van der Waals surface area contributed by atoms with Gasteiger partial charge in [0.1, 0.15) is 5.75 Å². The lowest BCUT2D eigenvalue weighted by Crippen LogP contribution is -2.47. The zero-order valence-corrected chi connectivity index (χ0v) is 18.9. The third kappa shape index (κ3) is 6.09. The topological polar surface area (TPSA) is 96.5 Å². The van der Waals surface area contributed by atoms with Crippen LogP contribution in [0.15, 0.2) is 42.5 Å². The second kappa shape index (κ2) is 10.8. The summed E-state index contributed by atoms with van der Waals surface area (Å²) in [6.07, 6.45) is 4.46. The molecule has 1 saturated carbocycles. The van der Waals surface area contributed by atoms with Crippen LogP contribution in [0.1, 0.15) is 60.5 Å². The first kappa shape index (κ1) is 23.3. The van der Waals surface area contributed by atoms with Gasteiger partial charge in [0, 0.05) is 17.2 Å². The molecule has 1 atom stereocenters. The smallest absolute Gasteiger partial charge is 0.279 e. The predicted octanol–water partition coefficient (Wildman–Crippen LogP) is 4.05. The standard InChI is InChI=1S/C25H31N3O4/c1-16-8-7-9-17(2)22(16)32-18(3)23(29)27-28-25(31)20-12-14-21(15-13-20)26-24(30)19-10-5-4-6-11-19/h7-9,12-15,18-19H,4-6,10-11H2,1-3H3,(H,26,30)(H,27,29)(H,28,31). The first-order valence-corrected chi connectivity index (χ1v) is 11.1. The molecule has 2 aromatic rings. The quantitative estimate of drug-likeness (QED) is 0.594. The van der Waals surface area contributed by atoms with Gasteiger partial charge in [-0.1, -0.05) is 37.5 Å². The second-order valence-electron chi connectivity index (χ2n) is 8.33. The fourth-order valence-electron chi connectivity index (χ4n) is 3.82. The summed E-state index contributed by atoms with van der Waals surface area (Å²) in [5.74, 6) is -0.158. The maximum atomic E-state index is 12.4. The molecule has 1 fully saturated rings. The minimum atomic E-state index is -0.785. The number of ether oxygens (including phenoxy) is 1. The van der Waals surface area contributed by atoms with Gasteiger partial charge >= 0.3 is 0 Å². The third-order valence-electron chi connectivity index (χ3n) is 5.76. The Morgan fingerprint density at radius 2 is 1.53 bits per heavy atom. The van der Waals surface area contributed by atoms with E-state index in [1.807, 2.05) is 32.0 Å². The molecule has 32 heavy (non-hydrogen) atoms. The zero-order valence-electron chi connectivity index (χ0n) is 18.9. The summed E-state index contributed by atoms with van der Waals surface area (Å²) in [5.41, 5.74) is 7.68. The Balaban J connectivity index is 1.48. The predicted molar refractivity (Wildman–Crippen MR) is 123 cm³/mol. The van der Waals surface area contributed by atoms with Crippen LogP contribution < -0.4 is 20.9 Å². The van der Waals surface area contributed by atoms with Gasteiger partial charge in [-0.25, -0.2) is 0 Å². The van der Waals surface area contributed by atoms with Crippen LogP contribution in [0, 0.1) is 19.8 Å². The van der Waals surface area contributed by atoms with Crippen LogP contribution in [-0.4, -0.2) is 23.8 Å². The highest BCUT2D eigenvalue weighted by atomic mass is 16.5. The van der Waals surface area contributed by atoms with E-state index in [-0.39, 0.29) is 11.8 Å². The lowest BCUT2D eigenvalue weighted by atomic mass is 9.88. The average Bonchev–Trinajstić information content (AvgIpc) is 2.80. The van der Waals surface area contributed by atoms with Gasteiger partial charge in [-0.15, -0.1) is 0 Å². The maximum Gasteiger partial charge on any atom is 0.279 e. The van der Waals surface area contributed by atoms with E-state index in [4.69, 9.17) is 4.74 Å². The molecule has 0 heterocycles. The van der Waals surface area contributed by atoms with E-state index in [1.54, 1.807) is 31.2 Å². The van der Waals surface area contributed by atoms with Gasteiger partial charge < -0.3 is 10.1 Å². The Morgan fingerprint density at radius 1 is 0.906 bits per heavy atom. The Bertz CT molecular complexity index is 945. The highest BCUT2D eigenvalue weighted by Crippen LogP contribution is 2.25. The molecule has 170 valence electrons. The summed E-state index contributed by atoms with van der Waals surface area (Å²) in [6.45, 7) is 5.45. The van der Waals surface area contributed by atoms with E-state index >= 15 is 0 Å². The van der Waals surface area contributed by atoms with E-state index in [1.165, 1.54) is 6.42 Å². The molecule has 3 N–H and O–H groups in total. The highest BCUT2D eigenvalue weighted by Gasteiger charge is 2.21. The van der Waals surface area contributed by atoms with Gasteiger partial charge in [-0.2, -0.15) is 0 Å². The monoisotopic (exact) mass is 437 g/mol. The van der Waals surface area contributed by atoms with E-state index in [2.05, 4.69) is 16.2 Å². The molecule has 0 spiro atoms. The Morgan fingerprint density at radius 3 is 2.16 bits per heavy atom. The van der Waals surface area contributed by atoms with E-state index in [0.29, 0.717) is 17.0 Å². The Kier molecular flexibility index (Phi) is 7.87. The number of para-hydroxylation sites is 1. The number of nitrogens with one attached hydrogen (secondary N) is 3. The fraction of sp³-hybridized carbons (Fsp3) is 0.400. The number of carbonyl (C=O) groups excluding carboxylic acids is 3. The zero-order chi connectivity index (χ0) is 23.1. The van der Waals surface area contributed by atoms with Crippen LogP contribution in [0.25, 0.3) is 0 Å². The summed E-state index contributed by atoms with van der Waals surface area (Å²) in [4.78, 5) is 37.0. The van der Waals surface area contributed by atoms with Gasteiger partial charge in [-0.3, -0.25) is 25.2 Å². The molecule has 7 nitrogen and oxygen atoms in total. The average molecular weight is 438 g/mol. The van der Waals surface area contributed by atoms with Crippen LogP contribution in [-0.2, 0) is 9.59 Å². The molecular weight excluding hydrogens is 406 g/mol. The van der Waals surface area contributed by atoms with Crippen molar-refractivity contribution in [1.29, 1.82) is 0 Å². The number of amides is 3. The van der Waals surface area contributed by atoms with Crippen molar-refractivity contribution in [2.24, 2.45) is 5.92 Å². The molecule has 1 aliphatic rings. The number of hydrogen-bond acceptors (Lipinski definition) is 4. The lowest BCUT2D eigenvalue weighted by Gasteiger charge is -2.20. The van der Waals surface area contributed by atoms with Gasteiger partial charge in [0.15, 0.2) is 6.10 Å². The van der Waals surface area contributed by atoms with Gasteiger partial charge in [0.05, 0.1) is 0 Å². The highest BCUT2D eigenvalue weighted by molar-refractivity contribution is 5.97. The number of aryl methyl sites for hydroxylation is 2. The molecular formula is C25H31N3O4. The lowest BCUT2D eigenvalue weighted by molar-refractivity contribution is -0.128.